The first-order valence-corrected chi connectivity index (χ1v) is 6.96. The zero-order valence-electron chi connectivity index (χ0n) is 10.2. The maximum absolute atomic E-state index is 11.9. The molecule has 6 nitrogen and oxygen atoms in total. The molecule has 1 unspecified atom stereocenters. The Morgan fingerprint density at radius 1 is 1.24 bits per heavy atom. The van der Waals surface area contributed by atoms with Crippen molar-refractivity contribution in [2.75, 3.05) is 11.3 Å². The number of rotatable bonds is 6. The fraction of sp³-hybridized carbons (Fsp3) is 0.600. The second kappa shape index (κ2) is 5.92. The van der Waals surface area contributed by atoms with E-state index in [-0.39, 0.29) is 6.04 Å². The summed E-state index contributed by atoms with van der Waals surface area (Å²) in [5.41, 5.74) is 0.379. The van der Waals surface area contributed by atoms with Gasteiger partial charge in [0.1, 0.15) is 6.33 Å². The molecule has 2 N–H and O–H groups in total. The molecular weight excluding hydrogens is 240 g/mol. The van der Waals surface area contributed by atoms with E-state index in [9.17, 15) is 8.42 Å². The predicted octanol–water partition coefficient (Wildman–Crippen LogP) is 0.605. The standard InChI is InChI=1S/C10H18N4O2S/c1-8(2)13-4-9(3)17(15,16)14-10-5-11-7-12-6-10/h5-9,13-14H,4H2,1-3H3. The van der Waals surface area contributed by atoms with Crippen LogP contribution in [0.2, 0.25) is 0 Å². The van der Waals surface area contributed by atoms with Crippen LogP contribution in [0.4, 0.5) is 5.69 Å². The normalized spacial score (nSPS) is 13.6. The SMILES string of the molecule is CC(C)NCC(C)S(=O)(=O)Nc1cncnc1. The van der Waals surface area contributed by atoms with Gasteiger partial charge in [0, 0.05) is 12.6 Å². The molecular formula is C10H18N4O2S. The van der Waals surface area contributed by atoms with Crippen LogP contribution in [0.15, 0.2) is 18.7 Å². The van der Waals surface area contributed by atoms with Crippen molar-refractivity contribution < 1.29 is 8.42 Å². The van der Waals surface area contributed by atoms with Crippen molar-refractivity contribution in [3.05, 3.63) is 18.7 Å². The number of sulfonamides is 1. The van der Waals surface area contributed by atoms with Gasteiger partial charge in [0.05, 0.1) is 23.3 Å². The third-order valence-corrected chi connectivity index (χ3v) is 3.91. The lowest BCUT2D eigenvalue weighted by Gasteiger charge is -2.16. The minimum absolute atomic E-state index is 0.257. The number of aromatic nitrogens is 2. The quantitative estimate of drug-likeness (QED) is 0.781. The maximum atomic E-state index is 11.9. The van der Waals surface area contributed by atoms with Crippen molar-refractivity contribution in [1.29, 1.82) is 0 Å². The lowest BCUT2D eigenvalue weighted by molar-refractivity contribution is 0.553. The van der Waals surface area contributed by atoms with Crippen molar-refractivity contribution in [1.82, 2.24) is 15.3 Å². The summed E-state index contributed by atoms with van der Waals surface area (Å²) in [4.78, 5) is 7.50. The summed E-state index contributed by atoms with van der Waals surface area (Å²) in [6.07, 6.45) is 4.20. The van der Waals surface area contributed by atoms with Crippen molar-refractivity contribution in [3.63, 3.8) is 0 Å². The Hall–Kier alpha value is -1.21. The van der Waals surface area contributed by atoms with Crippen LogP contribution in [0.25, 0.3) is 0 Å². The van der Waals surface area contributed by atoms with Crippen LogP contribution in [0, 0.1) is 0 Å². The molecule has 0 aliphatic heterocycles. The highest BCUT2D eigenvalue weighted by Gasteiger charge is 2.20. The first-order valence-electron chi connectivity index (χ1n) is 5.42. The van der Waals surface area contributed by atoms with Crippen molar-refractivity contribution >= 4 is 15.7 Å². The smallest absolute Gasteiger partial charge is 0.236 e. The molecule has 1 aromatic heterocycles. The summed E-state index contributed by atoms with van der Waals surface area (Å²) in [7, 11) is -3.40. The van der Waals surface area contributed by atoms with Gasteiger partial charge >= 0.3 is 0 Å². The van der Waals surface area contributed by atoms with Crippen LogP contribution in [0.5, 0.6) is 0 Å². The van der Waals surface area contributed by atoms with Gasteiger partial charge in [0.15, 0.2) is 0 Å². The highest BCUT2D eigenvalue weighted by molar-refractivity contribution is 7.93. The van der Waals surface area contributed by atoms with Gasteiger partial charge in [-0.15, -0.1) is 0 Å². The molecule has 0 saturated carbocycles. The molecule has 7 heteroatoms. The predicted molar refractivity (Wildman–Crippen MR) is 67.2 cm³/mol. The van der Waals surface area contributed by atoms with Gasteiger partial charge in [0.25, 0.3) is 0 Å². The second-order valence-corrected chi connectivity index (χ2v) is 6.25. The van der Waals surface area contributed by atoms with Crippen LogP contribution in [0.1, 0.15) is 20.8 Å². The van der Waals surface area contributed by atoms with Crippen molar-refractivity contribution in [2.45, 2.75) is 32.1 Å². The van der Waals surface area contributed by atoms with E-state index in [1.54, 1.807) is 6.92 Å². The molecule has 1 aromatic rings. The van der Waals surface area contributed by atoms with E-state index in [4.69, 9.17) is 0 Å². The molecule has 0 aliphatic rings. The number of hydrogen-bond acceptors (Lipinski definition) is 5. The number of nitrogens with zero attached hydrogens (tertiary/aromatic N) is 2. The van der Waals surface area contributed by atoms with Crippen LogP contribution in [-0.2, 0) is 10.0 Å². The summed E-state index contributed by atoms with van der Waals surface area (Å²) in [5, 5.41) is 2.56. The molecule has 0 amide bonds. The van der Waals surface area contributed by atoms with Gasteiger partial charge < -0.3 is 5.32 Å². The van der Waals surface area contributed by atoms with Crippen molar-refractivity contribution in [3.8, 4) is 0 Å². The van der Waals surface area contributed by atoms with Gasteiger partial charge in [-0.25, -0.2) is 18.4 Å². The molecule has 0 radical (unpaired) electrons. The number of anilines is 1. The first kappa shape index (κ1) is 13.9. The topological polar surface area (TPSA) is 84.0 Å². The fourth-order valence-corrected chi connectivity index (χ4v) is 2.08. The minimum atomic E-state index is -3.40. The van der Waals surface area contributed by atoms with Gasteiger partial charge in [-0.3, -0.25) is 4.72 Å². The molecule has 96 valence electrons. The molecule has 0 fully saturated rings. The van der Waals surface area contributed by atoms with Crippen LogP contribution in [-0.4, -0.2) is 36.2 Å². The van der Waals surface area contributed by atoms with E-state index in [1.165, 1.54) is 18.7 Å². The highest BCUT2D eigenvalue weighted by atomic mass is 32.2. The Labute approximate surface area is 102 Å². The Bertz CT molecular complexity index is 433. The molecule has 0 saturated heterocycles. The second-order valence-electron chi connectivity index (χ2n) is 4.15. The summed E-state index contributed by atoms with van der Waals surface area (Å²) < 4.78 is 26.3. The summed E-state index contributed by atoms with van der Waals surface area (Å²) >= 11 is 0. The lowest BCUT2D eigenvalue weighted by Crippen LogP contribution is -2.37. The monoisotopic (exact) mass is 258 g/mol. The van der Waals surface area contributed by atoms with E-state index < -0.39 is 15.3 Å². The minimum Gasteiger partial charge on any atom is -0.313 e. The molecule has 17 heavy (non-hydrogen) atoms. The van der Waals surface area contributed by atoms with E-state index in [1.807, 2.05) is 13.8 Å². The molecule has 0 aromatic carbocycles. The lowest BCUT2D eigenvalue weighted by atomic mass is 10.3. The van der Waals surface area contributed by atoms with Gasteiger partial charge in [-0.1, -0.05) is 13.8 Å². The van der Waals surface area contributed by atoms with Gasteiger partial charge in [0.2, 0.25) is 10.0 Å². The number of nitrogens with one attached hydrogen (secondary N) is 2. The largest absolute Gasteiger partial charge is 0.313 e. The molecule has 0 bridgehead atoms. The van der Waals surface area contributed by atoms with Gasteiger partial charge in [-0.2, -0.15) is 0 Å². The average molecular weight is 258 g/mol. The molecule has 1 rings (SSSR count). The van der Waals surface area contributed by atoms with Gasteiger partial charge in [-0.05, 0) is 6.92 Å². The third-order valence-electron chi connectivity index (χ3n) is 2.16. The van der Waals surface area contributed by atoms with Crippen LogP contribution < -0.4 is 10.0 Å². The molecule has 0 spiro atoms. The molecule has 1 heterocycles. The highest BCUT2D eigenvalue weighted by Crippen LogP contribution is 2.08. The van der Waals surface area contributed by atoms with Crippen molar-refractivity contribution in [2.24, 2.45) is 0 Å². The summed E-state index contributed by atoms with van der Waals surface area (Å²) in [5.74, 6) is 0. The summed E-state index contributed by atoms with van der Waals surface area (Å²) in [6.45, 7) is 6.00. The molecule has 1 atom stereocenters. The Kier molecular flexibility index (Phi) is 4.83. The number of hydrogen-bond donors (Lipinski definition) is 2. The first-order chi connectivity index (χ1) is 7.92. The summed E-state index contributed by atoms with van der Waals surface area (Å²) in [6, 6.07) is 0.257. The van der Waals surface area contributed by atoms with E-state index in [2.05, 4.69) is 20.0 Å². The van der Waals surface area contributed by atoms with E-state index in [0.717, 1.165) is 0 Å². The van der Waals surface area contributed by atoms with E-state index >= 15 is 0 Å². The zero-order valence-corrected chi connectivity index (χ0v) is 11.0. The third kappa shape index (κ3) is 4.66. The van der Waals surface area contributed by atoms with Crippen LogP contribution >= 0.6 is 0 Å². The zero-order chi connectivity index (χ0) is 12.9. The Morgan fingerprint density at radius 2 is 1.82 bits per heavy atom. The molecule has 0 aliphatic carbocycles. The Morgan fingerprint density at radius 3 is 2.35 bits per heavy atom. The van der Waals surface area contributed by atoms with Crippen LogP contribution in [0.3, 0.4) is 0 Å². The average Bonchev–Trinajstić information content (AvgIpc) is 2.26. The fourth-order valence-electron chi connectivity index (χ4n) is 1.13. The maximum Gasteiger partial charge on any atom is 0.236 e. The van der Waals surface area contributed by atoms with E-state index in [0.29, 0.717) is 12.2 Å². The Balaban J connectivity index is 2.62.